The first kappa shape index (κ1) is 17.6. The number of rotatable bonds is 4. The maximum atomic E-state index is 11.9. The van der Waals surface area contributed by atoms with Crippen LogP contribution >= 0.6 is 0 Å². The number of carbonyl (C=O) groups is 1. The second-order valence-electron chi connectivity index (χ2n) is 7.61. The molecule has 0 spiro atoms. The Morgan fingerprint density at radius 3 is 2.31 bits per heavy atom. The molecular formula is C23H21N5O. The zero-order valence-corrected chi connectivity index (χ0v) is 15.9. The molecule has 0 radical (unpaired) electrons. The number of fused-ring (bicyclic) bond motifs is 1. The average Bonchev–Trinajstić information content (AvgIpc) is 3.12. The van der Waals surface area contributed by atoms with E-state index in [0.717, 1.165) is 40.9 Å². The Morgan fingerprint density at radius 2 is 1.69 bits per heavy atom. The highest BCUT2D eigenvalue weighted by Gasteiger charge is 2.34. The fraction of sp³-hybridized carbons (Fsp3) is 0.174. The third kappa shape index (κ3) is 2.80. The van der Waals surface area contributed by atoms with Gasteiger partial charge >= 0.3 is 0 Å². The topological polar surface area (TPSA) is 99.3 Å². The van der Waals surface area contributed by atoms with Gasteiger partial charge in [0.25, 0.3) is 5.91 Å². The van der Waals surface area contributed by atoms with Crippen molar-refractivity contribution < 1.29 is 4.79 Å². The zero-order chi connectivity index (χ0) is 20.0. The minimum atomic E-state index is -0.529. The van der Waals surface area contributed by atoms with E-state index in [-0.39, 0.29) is 5.54 Å². The summed E-state index contributed by atoms with van der Waals surface area (Å²) >= 11 is 0. The smallest absolute Gasteiger partial charge is 0.252 e. The molecular weight excluding hydrogens is 362 g/mol. The monoisotopic (exact) mass is 383 g/mol. The predicted molar refractivity (Wildman–Crippen MR) is 112 cm³/mol. The summed E-state index contributed by atoms with van der Waals surface area (Å²) in [5.41, 5.74) is 17.2. The molecule has 5 rings (SSSR count). The lowest BCUT2D eigenvalue weighted by Crippen LogP contribution is -2.43. The van der Waals surface area contributed by atoms with E-state index in [4.69, 9.17) is 16.5 Å². The number of hydrogen-bond acceptors (Lipinski definition) is 4. The van der Waals surface area contributed by atoms with Crippen molar-refractivity contribution in [3.63, 3.8) is 0 Å². The summed E-state index contributed by atoms with van der Waals surface area (Å²) in [5.74, 6) is -0.529. The summed E-state index contributed by atoms with van der Waals surface area (Å²) in [7, 11) is 0. The van der Waals surface area contributed by atoms with Gasteiger partial charge in [-0.05, 0) is 30.9 Å². The van der Waals surface area contributed by atoms with Gasteiger partial charge in [-0.15, -0.1) is 0 Å². The van der Waals surface area contributed by atoms with Crippen LogP contribution in [0.4, 0.5) is 0 Å². The Kier molecular flexibility index (Phi) is 3.96. The molecule has 6 heteroatoms. The van der Waals surface area contributed by atoms with Gasteiger partial charge in [-0.25, -0.2) is 9.50 Å². The molecule has 1 saturated carbocycles. The van der Waals surface area contributed by atoms with Gasteiger partial charge in [-0.2, -0.15) is 5.10 Å². The minimum Gasteiger partial charge on any atom is -0.365 e. The maximum absolute atomic E-state index is 11.9. The van der Waals surface area contributed by atoms with E-state index in [9.17, 15) is 4.79 Å². The van der Waals surface area contributed by atoms with Gasteiger partial charge in [0.1, 0.15) is 5.69 Å². The Bertz CT molecular complexity index is 1210. The highest BCUT2D eigenvalue weighted by molar-refractivity contribution is 5.99. The predicted octanol–water partition coefficient (Wildman–Crippen LogP) is 3.50. The van der Waals surface area contributed by atoms with Crippen LogP contribution in [0.3, 0.4) is 0 Å². The normalized spacial score (nSPS) is 15.2. The van der Waals surface area contributed by atoms with Crippen LogP contribution in [0.25, 0.3) is 28.2 Å². The summed E-state index contributed by atoms with van der Waals surface area (Å²) in [5, 5.41) is 4.45. The van der Waals surface area contributed by atoms with E-state index in [1.165, 1.54) is 6.42 Å². The van der Waals surface area contributed by atoms with Crippen LogP contribution in [0.15, 0.2) is 66.9 Å². The van der Waals surface area contributed by atoms with Gasteiger partial charge in [0.05, 0.1) is 11.3 Å². The summed E-state index contributed by atoms with van der Waals surface area (Å²) in [6.45, 7) is 0. The molecule has 1 aliphatic carbocycles. The standard InChI is InChI=1S/C23H21N5O/c24-21(29)18-11-14-26-28-20(16-5-2-1-3-6-16)19(27-22(18)28)15-7-9-17(10-8-15)23(25)12-4-13-23/h1-3,5-11,14H,4,12-13,25H2,(H2,24,29). The molecule has 29 heavy (non-hydrogen) atoms. The summed E-state index contributed by atoms with van der Waals surface area (Å²) < 4.78 is 1.69. The van der Waals surface area contributed by atoms with Crippen molar-refractivity contribution in [1.82, 2.24) is 14.6 Å². The first-order valence-electron chi connectivity index (χ1n) is 9.70. The molecule has 0 saturated heterocycles. The van der Waals surface area contributed by atoms with Gasteiger partial charge < -0.3 is 11.5 Å². The molecule has 2 heterocycles. The largest absolute Gasteiger partial charge is 0.365 e. The second kappa shape index (κ2) is 6.53. The van der Waals surface area contributed by atoms with Crippen molar-refractivity contribution in [3.05, 3.63) is 78.0 Å². The second-order valence-corrected chi connectivity index (χ2v) is 7.61. The van der Waals surface area contributed by atoms with Gasteiger partial charge in [-0.3, -0.25) is 4.79 Å². The highest BCUT2D eigenvalue weighted by atomic mass is 16.1. The van der Waals surface area contributed by atoms with Crippen LogP contribution in [0.1, 0.15) is 35.2 Å². The molecule has 144 valence electrons. The van der Waals surface area contributed by atoms with Gasteiger partial charge in [0, 0.05) is 22.9 Å². The molecule has 0 atom stereocenters. The van der Waals surface area contributed by atoms with Crippen LogP contribution in [0, 0.1) is 0 Å². The molecule has 4 N–H and O–H groups in total. The molecule has 0 unspecified atom stereocenters. The maximum Gasteiger partial charge on any atom is 0.252 e. The Labute approximate surface area is 168 Å². The van der Waals surface area contributed by atoms with E-state index in [0.29, 0.717) is 11.2 Å². The lowest BCUT2D eigenvalue weighted by Gasteiger charge is -2.38. The lowest BCUT2D eigenvalue weighted by atomic mass is 9.72. The van der Waals surface area contributed by atoms with Crippen molar-refractivity contribution in [2.24, 2.45) is 11.5 Å². The molecule has 1 fully saturated rings. The molecule has 0 aliphatic heterocycles. The van der Waals surface area contributed by atoms with Gasteiger partial charge in [-0.1, -0.05) is 54.6 Å². The van der Waals surface area contributed by atoms with Crippen molar-refractivity contribution >= 4 is 11.6 Å². The first-order valence-corrected chi connectivity index (χ1v) is 9.70. The molecule has 0 bridgehead atoms. The Hall–Kier alpha value is -3.51. The number of amides is 1. The van der Waals surface area contributed by atoms with Crippen molar-refractivity contribution in [2.75, 3.05) is 0 Å². The number of nitrogens with zero attached hydrogens (tertiary/aromatic N) is 3. The van der Waals surface area contributed by atoms with Gasteiger partial charge in [0.15, 0.2) is 5.65 Å². The summed E-state index contributed by atoms with van der Waals surface area (Å²) in [4.78, 5) is 16.7. The number of hydrogen-bond donors (Lipinski definition) is 2. The molecule has 1 amide bonds. The summed E-state index contributed by atoms with van der Waals surface area (Å²) in [6.07, 6.45) is 4.77. The quantitative estimate of drug-likeness (QED) is 0.563. The van der Waals surface area contributed by atoms with Gasteiger partial charge in [0.2, 0.25) is 0 Å². The third-order valence-electron chi connectivity index (χ3n) is 5.81. The number of carbonyl (C=O) groups excluding carboxylic acids is 1. The first-order chi connectivity index (χ1) is 14.1. The summed E-state index contributed by atoms with van der Waals surface area (Å²) in [6, 6.07) is 19.7. The number of aromatic nitrogens is 3. The fourth-order valence-corrected chi connectivity index (χ4v) is 4.00. The zero-order valence-electron chi connectivity index (χ0n) is 15.9. The van der Waals surface area contributed by atoms with Crippen LogP contribution < -0.4 is 11.5 Å². The highest BCUT2D eigenvalue weighted by Crippen LogP contribution is 2.40. The average molecular weight is 383 g/mol. The van der Waals surface area contributed by atoms with E-state index in [2.05, 4.69) is 17.2 Å². The van der Waals surface area contributed by atoms with E-state index < -0.39 is 5.91 Å². The van der Waals surface area contributed by atoms with E-state index >= 15 is 0 Å². The van der Waals surface area contributed by atoms with E-state index in [1.807, 2.05) is 42.5 Å². The van der Waals surface area contributed by atoms with Crippen LogP contribution in [-0.2, 0) is 5.54 Å². The minimum absolute atomic E-state index is 0.208. The number of nitrogens with two attached hydrogens (primary N) is 2. The van der Waals surface area contributed by atoms with Crippen LogP contribution in [-0.4, -0.2) is 20.5 Å². The molecule has 2 aromatic carbocycles. The van der Waals surface area contributed by atoms with Crippen molar-refractivity contribution in [1.29, 1.82) is 0 Å². The van der Waals surface area contributed by atoms with Crippen molar-refractivity contribution in [2.45, 2.75) is 24.8 Å². The molecule has 6 nitrogen and oxygen atoms in total. The van der Waals surface area contributed by atoms with E-state index in [1.54, 1.807) is 16.8 Å². The van der Waals surface area contributed by atoms with Crippen molar-refractivity contribution in [3.8, 4) is 22.5 Å². The Morgan fingerprint density at radius 1 is 0.966 bits per heavy atom. The SMILES string of the molecule is NC(=O)c1ccnn2c(-c3ccccc3)c(-c3ccc(C4(N)CCC4)cc3)nc12. The molecule has 1 aliphatic rings. The fourth-order valence-electron chi connectivity index (χ4n) is 4.00. The number of primary amides is 1. The number of benzene rings is 2. The molecule has 4 aromatic rings. The Balaban J connectivity index is 1.72. The van der Waals surface area contributed by atoms with Crippen LogP contribution in [0.2, 0.25) is 0 Å². The lowest BCUT2D eigenvalue weighted by molar-refractivity contribution is 0.100. The molecule has 2 aromatic heterocycles. The number of imidazole rings is 1. The van der Waals surface area contributed by atoms with Crippen LogP contribution in [0.5, 0.6) is 0 Å². The third-order valence-corrected chi connectivity index (χ3v) is 5.81.